The third-order valence-corrected chi connectivity index (χ3v) is 5.14. The summed E-state index contributed by atoms with van der Waals surface area (Å²) in [5.74, 6) is -0.152. The molecule has 2 N–H and O–H groups in total. The Bertz CT molecular complexity index is 1320. The highest BCUT2D eigenvalue weighted by molar-refractivity contribution is 6.04. The molecule has 33 heavy (non-hydrogen) atoms. The third-order valence-electron chi connectivity index (χ3n) is 5.14. The summed E-state index contributed by atoms with van der Waals surface area (Å²) in [5, 5.41) is 5.62. The highest BCUT2D eigenvalue weighted by atomic mass is 16.5. The van der Waals surface area contributed by atoms with Crippen molar-refractivity contribution in [2.24, 2.45) is 0 Å². The molecule has 168 valence electrons. The monoisotopic (exact) mass is 445 g/mol. The van der Waals surface area contributed by atoms with Gasteiger partial charge in [-0.05, 0) is 67.1 Å². The molecule has 0 saturated carbocycles. The van der Waals surface area contributed by atoms with E-state index in [9.17, 15) is 14.4 Å². The van der Waals surface area contributed by atoms with E-state index in [1.165, 1.54) is 4.57 Å². The van der Waals surface area contributed by atoms with Crippen LogP contribution in [0.15, 0.2) is 82.0 Å². The van der Waals surface area contributed by atoms with Gasteiger partial charge in [0.25, 0.3) is 5.91 Å². The summed E-state index contributed by atoms with van der Waals surface area (Å²) in [4.78, 5) is 36.7. The highest BCUT2D eigenvalue weighted by Crippen LogP contribution is 2.17. The van der Waals surface area contributed by atoms with Crippen molar-refractivity contribution in [2.75, 3.05) is 17.7 Å². The van der Waals surface area contributed by atoms with Crippen molar-refractivity contribution in [1.29, 1.82) is 0 Å². The number of aromatic nitrogens is 1. The van der Waals surface area contributed by atoms with Crippen molar-refractivity contribution in [3.63, 3.8) is 0 Å². The average Bonchev–Trinajstić information content (AvgIpc) is 3.15. The van der Waals surface area contributed by atoms with E-state index in [0.29, 0.717) is 46.8 Å². The first-order valence-corrected chi connectivity index (χ1v) is 10.5. The molecule has 0 aliphatic heterocycles. The van der Waals surface area contributed by atoms with Gasteiger partial charge in [-0.1, -0.05) is 12.1 Å². The number of benzene rings is 3. The van der Waals surface area contributed by atoms with Crippen molar-refractivity contribution >= 4 is 34.3 Å². The first kappa shape index (κ1) is 21.9. The molecule has 0 saturated heterocycles. The minimum absolute atomic E-state index is 0.175. The summed E-state index contributed by atoms with van der Waals surface area (Å²) >= 11 is 0. The fraction of sp³-hybridized carbons (Fsp3) is 0.160. The molecule has 8 nitrogen and oxygen atoms in total. The molecule has 0 fully saturated rings. The van der Waals surface area contributed by atoms with Gasteiger partial charge < -0.3 is 19.8 Å². The van der Waals surface area contributed by atoms with Crippen LogP contribution in [-0.2, 0) is 11.3 Å². The van der Waals surface area contributed by atoms with Gasteiger partial charge >= 0.3 is 5.76 Å². The summed E-state index contributed by atoms with van der Waals surface area (Å²) in [7, 11) is 1.58. The number of hydrogen-bond acceptors (Lipinski definition) is 5. The number of carbonyl (C=O) groups excluding carboxylic acids is 2. The maximum absolute atomic E-state index is 12.4. The number of aryl methyl sites for hydroxylation is 1. The van der Waals surface area contributed by atoms with Crippen molar-refractivity contribution in [3.05, 3.63) is 88.9 Å². The van der Waals surface area contributed by atoms with Crippen LogP contribution in [0.25, 0.3) is 11.1 Å². The van der Waals surface area contributed by atoms with Gasteiger partial charge in [0.05, 0.1) is 12.6 Å². The van der Waals surface area contributed by atoms with Crippen molar-refractivity contribution in [2.45, 2.75) is 19.4 Å². The zero-order valence-corrected chi connectivity index (χ0v) is 18.0. The Morgan fingerprint density at radius 1 is 0.909 bits per heavy atom. The summed E-state index contributed by atoms with van der Waals surface area (Å²) in [5.41, 5.74) is 2.96. The number of nitrogens with one attached hydrogen (secondary N) is 2. The number of ether oxygens (including phenoxy) is 1. The average molecular weight is 445 g/mol. The smallest absolute Gasteiger partial charge is 0.419 e. The molecule has 1 aromatic heterocycles. The standard InChI is InChI=1S/C25H23N3O5/c1-32-20-14-12-19(13-15-20)27-24(30)17-8-10-18(11-9-17)26-23(29)7-4-16-28-21-5-2-3-6-22(21)33-25(28)31/h2-3,5-6,8-15H,4,7,16H2,1H3,(H,26,29)(H,27,30). The van der Waals surface area contributed by atoms with Gasteiger partial charge in [0.15, 0.2) is 5.58 Å². The zero-order chi connectivity index (χ0) is 23.2. The highest BCUT2D eigenvalue weighted by Gasteiger charge is 2.10. The van der Waals surface area contributed by atoms with Crippen molar-refractivity contribution in [1.82, 2.24) is 4.57 Å². The Labute approximate surface area is 189 Å². The van der Waals surface area contributed by atoms with Crippen LogP contribution < -0.4 is 21.1 Å². The first-order valence-electron chi connectivity index (χ1n) is 10.5. The zero-order valence-electron chi connectivity index (χ0n) is 18.0. The predicted octanol–water partition coefficient (Wildman–Crippen LogP) is 4.27. The van der Waals surface area contributed by atoms with Gasteiger partial charge in [-0.15, -0.1) is 0 Å². The van der Waals surface area contributed by atoms with E-state index < -0.39 is 5.76 Å². The van der Waals surface area contributed by atoms with Crippen LogP contribution in [-0.4, -0.2) is 23.5 Å². The van der Waals surface area contributed by atoms with Crippen molar-refractivity contribution in [3.8, 4) is 5.75 Å². The Morgan fingerprint density at radius 2 is 1.58 bits per heavy atom. The molecular weight excluding hydrogens is 422 g/mol. The van der Waals surface area contributed by atoms with Gasteiger partial charge in [-0.25, -0.2) is 4.79 Å². The molecule has 0 aliphatic carbocycles. The summed E-state index contributed by atoms with van der Waals surface area (Å²) in [6.07, 6.45) is 0.725. The second-order valence-electron chi connectivity index (χ2n) is 7.40. The minimum Gasteiger partial charge on any atom is -0.497 e. The molecule has 0 aliphatic rings. The first-order chi connectivity index (χ1) is 16.0. The number of carbonyl (C=O) groups is 2. The van der Waals surface area contributed by atoms with Crippen LogP contribution in [0.5, 0.6) is 5.75 Å². The maximum Gasteiger partial charge on any atom is 0.419 e. The Kier molecular flexibility index (Phi) is 6.54. The molecule has 3 aromatic carbocycles. The second-order valence-corrected chi connectivity index (χ2v) is 7.40. The number of oxazole rings is 1. The molecule has 0 radical (unpaired) electrons. The van der Waals surface area contributed by atoms with E-state index in [1.54, 1.807) is 67.8 Å². The number of fused-ring (bicyclic) bond motifs is 1. The van der Waals surface area contributed by atoms with Crippen LogP contribution in [0, 0.1) is 0 Å². The summed E-state index contributed by atoms with van der Waals surface area (Å²) in [6, 6.07) is 20.9. The molecule has 4 rings (SSSR count). The number of hydrogen-bond donors (Lipinski definition) is 2. The van der Waals surface area contributed by atoms with E-state index in [2.05, 4.69) is 10.6 Å². The van der Waals surface area contributed by atoms with Crippen LogP contribution in [0.1, 0.15) is 23.2 Å². The Hall–Kier alpha value is -4.33. The molecule has 0 bridgehead atoms. The number of rotatable bonds is 8. The normalized spacial score (nSPS) is 10.7. The lowest BCUT2D eigenvalue weighted by molar-refractivity contribution is -0.116. The molecule has 8 heteroatoms. The number of methoxy groups -OCH3 is 1. The number of anilines is 2. The van der Waals surface area contributed by atoms with Gasteiger partial charge in [0.1, 0.15) is 5.75 Å². The lowest BCUT2D eigenvalue weighted by atomic mass is 10.2. The molecular formula is C25H23N3O5. The van der Waals surface area contributed by atoms with Gasteiger partial charge in [-0.3, -0.25) is 14.2 Å². The summed E-state index contributed by atoms with van der Waals surface area (Å²) in [6.45, 7) is 0.383. The van der Waals surface area contributed by atoms with E-state index >= 15 is 0 Å². The van der Waals surface area contributed by atoms with Crippen LogP contribution in [0.3, 0.4) is 0 Å². The SMILES string of the molecule is COc1ccc(NC(=O)c2ccc(NC(=O)CCCn3c(=O)oc4ccccc43)cc2)cc1. The predicted molar refractivity (Wildman–Crippen MR) is 126 cm³/mol. The fourth-order valence-corrected chi connectivity index (χ4v) is 3.43. The fourth-order valence-electron chi connectivity index (χ4n) is 3.43. The van der Waals surface area contributed by atoms with E-state index in [1.807, 2.05) is 12.1 Å². The quantitative estimate of drug-likeness (QED) is 0.422. The molecule has 0 atom stereocenters. The van der Waals surface area contributed by atoms with Gasteiger partial charge in [0.2, 0.25) is 5.91 Å². The van der Waals surface area contributed by atoms with Gasteiger partial charge in [-0.2, -0.15) is 0 Å². The van der Waals surface area contributed by atoms with E-state index in [-0.39, 0.29) is 18.2 Å². The Balaban J connectivity index is 1.28. The van der Waals surface area contributed by atoms with E-state index in [0.717, 1.165) is 0 Å². The van der Waals surface area contributed by atoms with Gasteiger partial charge in [0, 0.05) is 29.9 Å². The molecule has 2 amide bonds. The van der Waals surface area contributed by atoms with E-state index in [4.69, 9.17) is 9.15 Å². The van der Waals surface area contributed by atoms with Crippen molar-refractivity contribution < 1.29 is 18.7 Å². The largest absolute Gasteiger partial charge is 0.497 e. The number of para-hydroxylation sites is 2. The van der Waals surface area contributed by atoms with Crippen LogP contribution >= 0.6 is 0 Å². The molecule has 0 unspecified atom stereocenters. The third kappa shape index (κ3) is 5.30. The molecule has 0 spiro atoms. The lowest BCUT2D eigenvalue weighted by Crippen LogP contribution is -2.17. The van der Waals surface area contributed by atoms with Crippen LogP contribution in [0.4, 0.5) is 11.4 Å². The topological polar surface area (TPSA) is 103 Å². The summed E-state index contributed by atoms with van der Waals surface area (Å²) < 4.78 is 11.8. The Morgan fingerprint density at radius 3 is 2.30 bits per heavy atom. The lowest BCUT2D eigenvalue weighted by Gasteiger charge is -2.08. The minimum atomic E-state index is -0.430. The number of amides is 2. The number of nitrogens with zero attached hydrogens (tertiary/aromatic N) is 1. The maximum atomic E-state index is 12.4. The molecule has 4 aromatic rings. The molecule has 1 heterocycles. The van der Waals surface area contributed by atoms with Crippen LogP contribution in [0.2, 0.25) is 0 Å². The second kappa shape index (κ2) is 9.86.